The van der Waals surface area contributed by atoms with Gasteiger partial charge in [-0.2, -0.15) is 0 Å². The molecule has 1 aromatic rings. The fourth-order valence-corrected chi connectivity index (χ4v) is 3.93. The molecule has 0 bridgehead atoms. The van der Waals surface area contributed by atoms with Crippen molar-refractivity contribution in [2.75, 3.05) is 7.11 Å². The van der Waals surface area contributed by atoms with Crippen LogP contribution in [-0.2, 0) is 4.43 Å². The topological polar surface area (TPSA) is 18.5 Å². The largest absolute Gasteiger partial charge is 0.497 e. The summed E-state index contributed by atoms with van der Waals surface area (Å²) in [4.78, 5) is 0. The second-order valence-corrected chi connectivity index (χ2v) is 8.24. The number of rotatable bonds is 4. The molecule has 0 saturated carbocycles. The van der Waals surface area contributed by atoms with Crippen LogP contribution >= 0.6 is 0 Å². The fourth-order valence-electron chi connectivity index (χ4n) is 1.65. The van der Waals surface area contributed by atoms with Crippen molar-refractivity contribution >= 4 is 13.5 Å². The third kappa shape index (κ3) is 3.36. The average molecular weight is 224 g/mol. The number of ether oxygens (including phenoxy) is 1. The monoisotopic (exact) mass is 224 g/mol. The normalized spacial score (nSPS) is 11.9. The fraction of sp³-hybridized carbons (Fsp3) is 0.500. The molecule has 0 aliphatic heterocycles. The smallest absolute Gasteiger partial charge is 0.218 e. The molecule has 0 aromatic heterocycles. The Bertz CT molecular complexity index is 304. The van der Waals surface area contributed by atoms with Gasteiger partial charge in [0, 0.05) is 6.10 Å². The molecule has 0 spiro atoms. The van der Waals surface area contributed by atoms with E-state index in [1.165, 1.54) is 5.19 Å². The van der Waals surface area contributed by atoms with Crippen molar-refractivity contribution in [2.45, 2.75) is 33.0 Å². The third-order valence-electron chi connectivity index (χ3n) is 2.32. The van der Waals surface area contributed by atoms with Crippen LogP contribution in [0.25, 0.3) is 0 Å². The van der Waals surface area contributed by atoms with E-state index in [4.69, 9.17) is 9.16 Å². The summed E-state index contributed by atoms with van der Waals surface area (Å²) in [5.41, 5.74) is 0. The Hall–Kier alpha value is -0.803. The summed E-state index contributed by atoms with van der Waals surface area (Å²) in [6.07, 6.45) is 0.286. The SMILES string of the molecule is COc1ccc([Si](C)(C)OC(C)C)cc1. The first-order chi connectivity index (χ1) is 6.95. The van der Waals surface area contributed by atoms with E-state index in [0.29, 0.717) is 0 Å². The molecule has 15 heavy (non-hydrogen) atoms. The standard InChI is InChI=1S/C12H20O2Si/c1-10(2)14-15(4,5)12-8-6-11(13-3)7-9-12/h6-10H,1-5H3. The van der Waals surface area contributed by atoms with Crippen LogP contribution in [0.1, 0.15) is 13.8 Å². The summed E-state index contributed by atoms with van der Waals surface area (Å²) in [5, 5.41) is 1.30. The summed E-state index contributed by atoms with van der Waals surface area (Å²) in [6, 6.07) is 8.20. The van der Waals surface area contributed by atoms with Gasteiger partial charge in [-0.15, -0.1) is 0 Å². The number of hydrogen-bond acceptors (Lipinski definition) is 2. The van der Waals surface area contributed by atoms with Crippen LogP contribution in [0.15, 0.2) is 24.3 Å². The van der Waals surface area contributed by atoms with Gasteiger partial charge in [0.1, 0.15) is 5.75 Å². The van der Waals surface area contributed by atoms with Crippen molar-refractivity contribution < 1.29 is 9.16 Å². The van der Waals surface area contributed by atoms with Crippen molar-refractivity contribution in [1.29, 1.82) is 0 Å². The minimum Gasteiger partial charge on any atom is -0.497 e. The lowest BCUT2D eigenvalue weighted by atomic mass is 10.3. The maximum absolute atomic E-state index is 6.00. The number of hydrogen-bond donors (Lipinski definition) is 0. The van der Waals surface area contributed by atoms with Crippen LogP contribution in [0.2, 0.25) is 13.1 Å². The number of benzene rings is 1. The van der Waals surface area contributed by atoms with Gasteiger partial charge in [0.25, 0.3) is 0 Å². The average Bonchev–Trinajstić information content (AvgIpc) is 2.16. The molecule has 84 valence electrons. The zero-order chi connectivity index (χ0) is 11.5. The molecule has 0 aliphatic rings. The zero-order valence-electron chi connectivity index (χ0n) is 10.2. The van der Waals surface area contributed by atoms with Crippen molar-refractivity contribution in [1.82, 2.24) is 0 Å². The van der Waals surface area contributed by atoms with Crippen LogP contribution < -0.4 is 9.92 Å². The Morgan fingerprint density at radius 2 is 1.60 bits per heavy atom. The van der Waals surface area contributed by atoms with Gasteiger partial charge in [-0.05, 0) is 44.3 Å². The summed E-state index contributed by atoms with van der Waals surface area (Å²) >= 11 is 0. The quantitative estimate of drug-likeness (QED) is 0.732. The van der Waals surface area contributed by atoms with Gasteiger partial charge in [-0.1, -0.05) is 12.1 Å². The minimum atomic E-state index is -1.73. The third-order valence-corrected chi connectivity index (χ3v) is 5.10. The molecule has 0 amide bonds. The first-order valence-electron chi connectivity index (χ1n) is 5.28. The molecule has 1 aromatic carbocycles. The Labute approximate surface area is 93.4 Å². The molecule has 2 nitrogen and oxygen atoms in total. The minimum absolute atomic E-state index is 0.286. The second kappa shape index (κ2) is 4.81. The van der Waals surface area contributed by atoms with Crippen LogP contribution in [0, 0.1) is 0 Å². The van der Waals surface area contributed by atoms with Gasteiger partial charge in [-0.25, -0.2) is 0 Å². The highest BCUT2D eigenvalue weighted by molar-refractivity contribution is 6.84. The molecular weight excluding hydrogens is 204 g/mol. The highest BCUT2D eigenvalue weighted by Crippen LogP contribution is 2.12. The summed E-state index contributed by atoms with van der Waals surface area (Å²) in [6.45, 7) is 8.60. The highest BCUT2D eigenvalue weighted by Gasteiger charge is 2.26. The Kier molecular flexibility index (Phi) is 3.94. The van der Waals surface area contributed by atoms with E-state index >= 15 is 0 Å². The lowest BCUT2D eigenvalue weighted by Gasteiger charge is -2.26. The van der Waals surface area contributed by atoms with E-state index in [-0.39, 0.29) is 6.10 Å². The molecule has 3 heteroatoms. The van der Waals surface area contributed by atoms with E-state index in [0.717, 1.165) is 5.75 Å². The van der Waals surface area contributed by atoms with Crippen LogP contribution in [0.4, 0.5) is 0 Å². The van der Waals surface area contributed by atoms with Crippen LogP contribution in [-0.4, -0.2) is 21.5 Å². The van der Waals surface area contributed by atoms with Crippen LogP contribution in [0.3, 0.4) is 0 Å². The van der Waals surface area contributed by atoms with Crippen molar-refractivity contribution in [2.24, 2.45) is 0 Å². The van der Waals surface area contributed by atoms with Gasteiger partial charge < -0.3 is 9.16 Å². The molecule has 0 N–H and O–H groups in total. The van der Waals surface area contributed by atoms with E-state index in [1.54, 1.807) is 7.11 Å². The van der Waals surface area contributed by atoms with Gasteiger partial charge in [0.2, 0.25) is 8.32 Å². The van der Waals surface area contributed by atoms with E-state index in [2.05, 4.69) is 39.1 Å². The lowest BCUT2D eigenvalue weighted by molar-refractivity contribution is 0.238. The predicted molar refractivity (Wildman–Crippen MR) is 66.3 cm³/mol. The van der Waals surface area contributed by atoms with Crippen LogP contribution in [0.5, 0.6) is 5.75 Å². The molecule has 0 heterocycles. The molecule has 0 atom stereocenters. The van der Waals surface area contributed by atoms with Crippen molar-refractivity contribution in [3.8, 4) is 5.75 Å². The first kappa shape index (κ1) is 12.3. The van der Waals surface area contributed by atoms with Gasteiger partial charge in [0.05, 0.1) is 7.11 Å². The van der Waals surface area contributed by atoms with E-state index < -0.39 is 8.32 Å². The predicted octanol–water partition coefficient (Wildman–Crippen LogP) is 2.53. The van der Waals surface area contributed by atoms with E-state index in [1.807, 2.05) is 12.1 Å². The number of methoxy groups -OCH3 is 1. The van der Waals surface area contributed by atoms with E-state index in [9.17, 15) is 0 Å². The molecule has 0 fully saturated rings. The summed E-state index contributed by atoms with van der Waals surface area (Å²) in [7, 11) is -0.0510. The molecule has 1 rings (SSSR count). The Morgan fingerprint density at radius 1 is 1.07 bits per heavy atom. The zero-order valence-corrected chi connectivity index (χ0v) is 11.2. The van der Waals surface area contributed by atoms with Gasteiger partial charge in [-0.3, -0.25) is 0 Å². The van der Waals surface area contributed by atoms with Crippen molar-refractivity contribution in [3.63, 3.8) is 0 Å². The Morgan fingerprint density at radius 3 is 2.00 bits per heavy atom. The van der Waals surface area contributed by atoms with Gasteiger partial charge >= 0.3 is 0 Å². The maximum atomic E-state index is 6.00. The summed E-state index contributed by atoms with van der Waals surface area (Å²) < 4.78 is 11.1. The highest BCUT2D eigenvalue weighted by atomic mass is 28.4. The Balaban J connectivity index is 2.85. The van der Waals surface area contributed by atoms with Crippen molar-refractivity contribution in [3.05, 3.63) is 24.3 Å². The second-order valence-electron chi connectivity index (χ2n) is 4.41. The first-order valence-corrected chi connectivity index (χ1v) is 8.19. The molecule has 0 unspecified atom stereocenters. The molecule has 0 saturated heterocycles. The summed E-state index contributed by atoms with van der Waals surface area (Å²) in [5.74, 6) is 0.896. The maximum Gasteiger partial charge on any atom is 0.218 e. The lowest BCUT2D eigenvalue weighted by Crippen LogP contribution is -2.46. The molecular formula is C12H20O2Si. The molecule has 0 aliphatic carbocycles. The molecule has 0 radical (unpaired) electrons. The van der Waals surface area contributed by atoms with Gasteiger partial charge in [0.15, 0.2) is 0 Å².